The van der Waals surface area contributed by atoms with E-state index in [0.29, 0.717) is 17.7 Å². The molecule has 29 heavy (non-hydrogen) atoms. The number of hydrogen-bond donors (Lipinski definition) is 5. The number of ether oxygens (including phenoxy) is 2. The summed E-state index contributed by atoms with van der Waals surface area (Å²) in [6.45, 7) is 1.36. The number of aryl methyl sites for hydroxylation is 1. The highest BCUT2D eigenvalue weighted by Gasteiger charge is 2.45. The molecule has 5 N–H and O–H groups in total. The predicted molar refractivity (Wildman–Crippen MR) is 105 cm³/mol. The van der Waals surface area contributed by atoms with Crippen molar-refractivity contribution in [1.29, 1.82) is 0 Å². The lowest BCUT2D eigenvalue weighted by Crippen LogP contribution is -2.60. The van der Waals surface area contributed by atoms with Crippen molar-refractivity contribution >= 4 is 0 Å². The van der Waals surface area contributed by atoms with Gasteiger partial charge in [0.05, 0.1) is 13.2 Å². The van der Waals surface area contributed by atoms with E-state index in [-0.39, 0.29) is 6.61 Å². The lowest BCUT2D eigenvalue weighted by molar-refractivity contribution is -0.280. The summed E-state index contributed by atoms with van der Waals surface area (Å²) < 4.78 is 11.0. The topological polar surface area (TPSA) is 120 Å². The fourth-order valence-electron chi connectivity index (χ4n) is 3.41. The quantitative estimate of drug-likeness (QED) is 0.456. The van der Waals surface area contributed by atoms with Crippen LogP contribution in [0, 0.1) is 0 Å². The summed E-state index contributed by atoms with van der Waals surface area (Å²) >= 11 is 0. The van der Waals surface area contributed by atoms with Crippen LogP contribution in [-0.2, 0) is 24.2 Å². The summed E-state index contributed by atoms with van der Waals surface area (Å²) in [7, 11) is 0. The Morgan fingerprint density at radius 1 is 0.897 bits per heavy atom. The van der Waals surface area contributed by atoms with E-state index < -0.39 is 37.3 Å². The van der Waals surface area contributed by atoms with E-state index in [9.17, 15) is 25.5 Å². The monoisotopic (exact) mass is 404 g/mol. The maximum absolute atomic E-state index is 10.4. The van der Waals surface area contributed by atoms with Crippen molar-refractivity contribution < 1.29 is 35.0 Å². The highest BCUT2D eigenvalue weighted by molar-refractivity contribution is 5.41. The fraction of sp³-hybridized carbons (Fsp3) is 0.455. The molecule has 3 rings (SSSR count). The Morgan fingerprint density at radius 2 is 1.55 bits per heavy atom. The molecule has 7 heteroatoms. The van der Waals surface area contributed by atoms with E-state index in [1.165, 1.54) is 5.56 Å². The molecule has 2 aromatic rings. The molecule has 1 heterocycles. The van der Waals surface area contributed by atoms with Crippen molar-refractivity contribution in [2.45, 2.75) is 57.1 Å². The van der Waals surface area contributed by atoms with Crippen molar-refractivity contribution in [3.63, 3.8) is 0 Å². The minimum absolute atomic E-state index is 0.191. The first-order chi connectivity index (χ1) is 14.0. The van der Waals surface area contributed by atoms with Gasteiger partial charge in [-0.1, -0.05) is 43.3 Å². The molecule has 0 saturated carbocycles. The molecule has 1 aliphatic heterocycles. The molecular weight excluding hydrogens is 376 g/mol. The summed E-state index contributed by atoms with van der Waals surface area (Å²) in [5, 5.41) is 49.3. The largest absolute Gasteiger partial charge is 0.482 e. The van der Waals surface area contributed by atoms with Crippen LogP contribution in [0.25, 0.3) is 0 Å². The third kappa shape index (κ3) is 4.95. The van der Waals surface area contributed by atoms with Crippen LogP contribution in [0.2, 0.25) is 0 Å². The van der Waals surface area contributed by atoms with Gasteiger partial charge in [-0.25, -0.2) is 0 Å². The Hall–Kier alpha value is -2.00. The molecule has 0 bridgehead atoms. The lowest BCUT2D eigenvalue weighted by atomic mass is 9.98. The van der Waals surface area contributed by atoms with Crippen molar-refractivity contribution in [3.8, 4) is 5.75 Å². The normalized spacial score (nSPS) is 27.0. The number of aliphatic hydroxyl groups excluding tert-OH is 5. The standard InChI is InChI=1S/C22H28O7/c1-2-13-3-5-14(6-4-13)9-16-8-7-15(11-23)10-17(16)28-21-20(26)19(25)18(12-24)29-22(21)27/h3-8,10,18-27H,2,9,11-12H2,1H3/t18-,19-,20+,21-,22-/m1/s1. The van der Waals surface area contributed by atoms with Crippen LogP contribution in [0.5, 0.6) is 5.75 Å². The Labute approximate surface area is 169 Å². The van der Waals surface area contributed by atoms with Crippen molar-refractivity contribution in [2.75, 3.05) is 6.61 Å². The fourth-order valence-corrected chi connectivity index (χ4v) is 3.41. The summed E-state index contributed by atoms with van der Waals surface area (Å²) in [5.74, 6) is 0.373. The van der Waals surface area contributed by atoms with Crippen LogP contribution in [-0.4, -0.2) is 62.8 Å². The smallest absolute Gasteiger partial charge is 0.195 e. The molecule has 1 aliphatic rings. The van der Waals surface area contributed by atoms with Gasteiger partial charge in [0.25, 0.3) is 0 Å². The molecule has 0 unspecified atom stereocenters. The first kappa shape index (κ1) is 21.7. The highest BCUT2D eigenvalue weighted by atomic mass is 16.7. The second kappa shape index (κ2) is 9.67. The van der Waals surface area contributed by atoms with E-state index in [1.54, 1.807) is 12.1 Å². The van der Waals surface area contributed by atoms with Gasteiger partial charge in [-0.15, -0.1) is 0 Å². The summed E-state index contributed by atoms with van der Waals surface area (Å²) in [6.07, 6.45) is -5.23. The highest BCUT2D eigenvalue weighted by Crippen LogP contribution is 2.29. The molecule has 7 nitrogen and oxygen atoms in total. The number of aliphatic hydroxyl groups is 5. The van der Waals surface area contributed by atoms with Crippen LogP contribution in [0.15, 0.2) is 42.5 Å². The molecular formula is C22H28O7. The van der Waals surface area contributed by atoms with Gasteiger partial charge in [0.15, 0.2) is 12.4 Å². The zero-order valence-corrected chi connectivity index (χ0v) is 16.3. The molecule has 0 amide bonds. The van der Waals surface area contributed by atoms with E-state index in [0.717, 1.165) is 17.5 Å². The SMILES string of the molecule is CCc1ccc(Cc2ccc(CO)cc2O[C@@H]2[C@@H](O)[C@H](O)[C@@H](CO)O[C@H]2O)cc1. The maximum atomic E-state index is 10.4. The summed E-state index contributed by atoms with van der Waals surface area (Å²) in [4.78, 5) is 0. The van der Waals surface area contributed by atoms with Crippen molar-refractivity contribution in [1.82, 2.24) is 0 Å². The molecule has 1 saturated heterocycles. The molecule has 158 valence electrons. The Kier molecular flexibility index (Phi) is 7.23. The van der Waals surface area contributed by atoms with Crippen LogP contribution in [0.3, 0.4) is 0 Å². The minimum atomic E-state index is -1.53. The first-order valence-corrected chi connectivity index (χ1v) is 9.74. The Balaban J connectivity index is 1.85. The molecule has 0 aliphatic carbocycles. The average Bonchev–Trinajstić information content (AvgIpc) is 2.75. The summed E-state index contributed by atoms with van der Waals surface area (Å²) in [6, 6.07) is 13.4. The van der Waals surface area contributed by atoms with Gasteiger partial charge in [-0.3, -0.25) is 0 Å². The van der Waals surface area contributed by atoms with Crippen LogP contribution in [0.4, 0.5) is 0 Å². The second-order valence-electron chi connectivity index (χ2n) is 7.26. The molecule has 0 spiro atoms. The van der Waals surface area contributed by atoms with Crippen LogP contribution >= 0.6 is 0 Å². The number of hydrogen-bond acceptors (Lipinski definition) is 7. The summed E-state index contributed by atoms with van der Waals surface area (Å²) in [5.41, 5.74) is 3.70. The van der Waals surface area contributed by atoms with Gasteiger partial charge < -0.3 is 35.0 Å². The van der Waals surface area contributed by atoms with Crippen LogP contribution < -0.4 is 4.74 Å². The minimum Gasteiger partial charge on any atom is -0.482 e. The predicted octanol–water partition coefficient (Wildman–Crippen LogP) is 0.511. The third-order valence-electron chi connectivity index (χ3n) is 5.25. The maximum Gasteiger partial charge on any atom is 0.195 e. The van der Waals surface area contributed by atoms with Gasteiger partial charge in [-0.05, 0) is 34.7 Å². The Morgan fingerprint density at radius 3 is 2.17 bits per heavy atom. The van der Waals surface area contributed by atoms with Gasteiger partial charge in [-0.2, -0.15) is 0 Å². The van der Waals surface area contributed by atoms with E-state index >= 15 is 0 Å². The second-order valence-corrected chi connectivity index (χ2v) is 7.26. The van der Waals surface area contributed by atoms with Gasteiger partial charge in [0, 0.05) is 6.42 Å². The average molecular weight is 404 g/mol. The number of benzene rings is 2. The zero-order valence-electron chi connectivity index (χ0n) is 16.3. The van der Waals surface area contributed by atoms with E-state index in [4.69, 9.17) is 9.47 Å². The van der Waals surface area contributed by atoms with Gasteiger partial charge in [0.1, 0.15) is 24.1 Å². The Bertz CT molecular complexity index is 792. The van der Waals surface area contributed by atoms with Crippen molar-refractivity contribution in [2.24, 2.45) is 0 Å². The molecule has 2 aromatic carbocycles. The molecule has 5 atom stereocenters. The zero-order chi connectivity index (χ0) is 21.0. The van der Waals surface area contributed by atoms with E-state index in [2.05, 4.69) is 19.1 Å². The lowest BCUT2D eigenvalue weighted by Gasteiger charge is -2.40. The van der Waals surface area contributed by atoms with Gasteiger partial charge >= 0.3 is 0 Å². The molecule has 1 fully saturated rings. The first-order valence-electron chi connectivity index (χ1n) is 9.74. The molecule has 0 radical (unpaired) electrons. The van der Waals surface area contributed by atoms with Gasteiger partial charge in [0.2, 0.25) is 0 Å². The number of rotatable bonds is 7. The van der Waals surface area contributed by atoms with Crippen molar-refractivity contribution in [3.05, 3.63) is 64.7 Å². The molecule has 0 aromatic heterocycles. The van der Waals surface area contributed by atoms with Crippen LogP contribution in [0.1, 0.15) is 29.2 Å². The third-order valence-corrected chi connectivity index (χ3v) is 5.25. The van der Waals surface area contributed by atoms with E-state index in [1.807, 2.05) is 18.2 Å².